The maximum absolute atomic E-state index is 13.3. The van der Waals surface area contributed by atoms with Crippen molar-refractivity contribution in [3.63, 3.8) is 0 Å². The first-order valence-corrected chi connectivity index (χ1v) is 6.93. The van der Waals surface area contributed by atoms with Crippen LogP contribution in [-0.4, -0.2) is 5.91 Å². The lowest BCUT2D eigenvalue weighted by Crippen LogP contribution is -2.25. The fourth-order valence-corrected chi connectivity index (χ4v) is 2.92. The number of hydrogen-bond acceptors (Lipinski definition) is 1. The highest BCUT2D eigenvalue weighted by Crippen LogP contribution is 2.42. The topological polar surface area (TPSA) is 29.1 Å². The second kappa shape index (κ2) is 5.16. The van der Waals surface area contributed by atoms with Gasteiger partial charge in [0.25, 0.3) is 0 Å². The molecule has 1 atom stereocenters. The third-order valence-corrected chi connectivity index (χ3v) is 3.89. The van der Waals surface area contributed by atoms with Crippen molar-refractivity contribution in [1.82, 2.24) is 0 Å². The van der Waals surface area contributed by atoms with E-state index in [0.717, 1.165) is 17.2 Å². The van der Waals surface area contributed by atoms with Crippen LogP contribution < -0.4 is 5.32 Å². The Labute approximate surface area is 126 Å². The molecule has 0 fully saturated rings. The van der Waals surface area contributed by atoms with E-state index < -0.39 is 17.7 Å². The van der Waals surface area contributed by atoms with Gasteiger partial charge in [-0.1, -0.05) is 35.9 Å². The molecule has 5 heteroatoms. The molecule has 2 aromatic rings. The van der Waals surface area contributed by atoms with Crippen LogP contribution in [-0.2, 0) is 11.0 Å². The van der Waals surface area contributed by atoms with Crippen LogP contribution in [0.25, 0.3) is 0 Å². The lowest BCUT2D eigenvalue weighted by atomic mass is 9.82. The summed E-state index contributed by atoms with van der Waals surface area (Å²) in [5.41, 5.74) is 1.74. The molecular weight excluding hydrogens is 291 g/mol. The van der Waals surface area contributed by atoms with Crippen LogP contribution in [0.5, 0.6) is 0 Å². The summed E-state index contributed by atoms with van der Waals surface area (Å²) in [4.78, 5) is 11.9. The Kier molecular flexibility index (Phi) is 3.43. The fraction of sp³-hybridized carbons (Fsp3) is 0.235. The zero-order valence-corrected chi connectivity index (χ0v) is 11.9. The Hall–Kier alpha value is -2.30. The molecule has 0 bridgehead atoms. The molecule has 1 amide bonds. The molecule has 0 aliphatic carbocycles. The first kappa shape index (κ1) is 14.6. The highest BCUT2D eigenvalue weighted by Gasteiger charge is 2.37. The van der Waals surface area contributed by atoms with Gasteiger partial charge < -0.3 is 5.32 Å². The molecule has 1 heterocycles. The highest BCUT2D eigenvalue weighted by molar-refractivity contribution is 5.95. The van der Waals surface area contributed by atoms with Crippen LogP contribution in [0.2, 0.25) is 0 Å². The fourth-order valence-electron chi connectivity index (χ4n) is 2.92. The number of fused-ring (bicyclic) bond motifs is 1. The average molecular weight is 305 g/mol. The van der Waals surface area contributed by atoms with Gasteiger partial charge in [0.15, 0.2) is 0 Å². The van der Waals surface area contributed by atoms with Crippen LogP contribution in [0.15, 0.2) is 42.5 Å². The van der Waals surface area contributed by atoms with Crippen molar-refractivity contribution in [2.75, 3.05) is 5.32 Å². The molecule has 2 aromatic carbocycles. The molecule has 1 aliphatic rings. The highest BCUT2D eigenvalue weighted by atomic mass is 19.4. The summed E-state index contributed by atoms with van der Waals surface area (Å²) in [6.07, 6.45) is -4.42. The monoisotopic (exact) mass is 305 g/mol. The first-order valence-electron chi connectivity index (χ1n) is 6.93. The summed E-state index contributed by atoms with van der Waals surface area (Å²) in [5.74, 6) is -0.847. The molecule has 1 N–H and O–H groups in total. The Balaban J connectivity index is 2.18. The van der Waals surface area contributed by atoms with Gasteiger partial charge in [0.2, 0.25) is 5.91 Å². The SMILES string of the molecule is Cc1ccc2c(c1)[C@@H](c1ccccc1C(F)(F)F)CC(=O)N2. The second-order valence-corrected chi connectivity index (χ2v) is 5.48. The summed E-state index contributed by atoms with van der Waals surface area (Å²) >= 11 is 0. The molecule has 3 rings (SSSR count). The van der Waals surface area contributed by atoms with Gasteiger partial charge in [-0.2, -0.15) is 13.2 Å². The van der Waals surface area contributed by atoms with Crippen LogP contribution in [0.4, 0.5) is 18.9 Å². The van der Waals surface area contributed by atoms with E-state index in [9.17, 15) is 18.0 Å². The number of halogens is 3. The van der Waals surface area contributed by atoms with E-state index in [1.807, 2.05) is 19.1 Å². The van der Waals surface area contributed by atoms with Gasteiger partial charge >= 0.3 is 6.18 Å². The van der Waals surface area contributed by atoms with E-state index in [1.54, 1.807) is 12.1 Å². The number of hydrogen-bond donors (Lipinski definition) is 1. The molecule has 1 aliphatic heterocycles. The summed E-state index contributed by atoms with van der Waals surface area (Å²) in [6, 6.07) is 10.9. The van der Waals surface area contributed by atoms with E-state index in [0.29, 0.717) is 5.69 Å². The van der Waals surface area contributed by atoms with Crippen LogP contribution in [0.1, 0.15) is 34.6 Å². The Morgan fingerprint density at radius 3 is 2.55 bits per heavy atom. The zero-order valence-electron chi connectivity index (χ0n) is 11.9. The predicted molar refractivity (Wildman–Crippen MR) is 77.7 cm³/mol. The third-order valence-electron chi connectivity index (χ3n) is 3.89. The smallest absolute Gasteiger partial charge is 0.326 e. The van der Waals surface area contributed by atoms with Crippen LogP contribution in [0, 0.1) is 6.92 Å². The minimum Gasteiger partial charge on any atom is -0.326 e. The third kappa shape index (κ3) is 2.58. The summed E-state index contributed by atoms with van der Waals surface area (Å²) in [5, 5.41) is 2.72. The lowest BCUT2D eigenvalue weighted by molar-refractivity contribution is -0.138. The van der Waals surface area contributed by atoms with Gasteiger partial charge in [-0.25, -0.2) is 0 Å². The van der Waals surface area contributed by atoms with Gasteiger partial charge in [0.1, 0.15) is 0 Å². The molecule has 0 spiro atoms. The number of alkyl halides is 3. The Bertz CT molecular complexity index is 737. The van der Waals surface area contributed by atoms with E-state index in [2.05, 4.69) is 5.32 Å². The molecule has 0 saturated heterocycles. The molecule has 114 valence electrons. The minimum absolute atomic E-state index is 0.0174. The van der Waals surface area contributed by atoms with Crippen molar-refractivity contribution >= 4 is 11.6 Å². The largest absolute Gasteiger partial charge is 0.416 e. The van der Waals surface area contributed by atoms with E-state index in [-0.39, 0.29) is 17.9 Å². The van der Waals surface area contributed by atoms with E-state index in [4.69, 9.17) is 0 Å². The lowest BCUT2D eigenvalue weighted by Gasteiger charge is -2.28. The number of aryl methyl sites for hydroxylation is 1. The summed E-state index contributed by atoms with van der Waals surface area (Å²) in [6.45, 7) is 1.88. The van der Waals surface area contributed by atoms with Crippen molar-refractivity contribution in [1.29, 1.82) is 0 Å². The molecule has 0 unspecified atom stereocenters. The van der Waals surface area contributed by atoms with E-state index in [1.165, 1.54) is 12.1 Å². The number of benzene rings is 2. The van der Waals surface area contributed by atoms with Crippen molar-refractivity contribution < 1.29 is 18.0 Å². The van der Waals surface area contributed by atoms with Crippen LogP contribution in [0.3, 0.4) is 0 Å². The predicted octanol–water partition coefficient (Wildman–Crippen LogP) is 4.49. The van der Waals surface area contributed by atoms with Gasteiger partial charge in [-0.15, -0.1) is 0 Å². The average Bonchev–Trinajstić information content (AvgIpc) is 2.46. The maximum atomic E-state index is 13.3. The zero-order chi connectivity index (χ0) is 15.9. The maximum Gasteiger partial charge on any atom is 0.416 e. The van der Waals surface area contributed by atoms with Gasteiger partial charge in [0, 0.05) is 18.0 Å². The van der Waals surface area contributed by atoms with Crippen molar-refractivity contribution in [3.05, 3.63) is 64.7 Å². The molecule has 0 aromatic heterocycles. The molecule has 2 nitrogen and oxygen atoms in total. The second-order valence-electron chi connectivity index (χ2n) is 5.48. The van der Waals surface area contributed by atoms with Crippen LogP contribution >= 0.6 is 0 Å². The van der Waals surface area contributed by atoms with Gasteiger partial charge in [0.05, 0.1) is 5.56 Å². The molecule has 22 heavy (non-hydrogen) atoms. The number of rotatable bonds is 1. The minimum atomic E-state index is -4.44. The van der Waals surface area contributed by atoms with E-state index >= 15 is 0 Å². The Morgan fingerprint density at radius 1 is 1.09 bits per heavy atom. The Morgan fingerprint density at radius 2 is 1.82 bits per heavy atom. The number of carbonyl (C=O) groups is 1. The standard InChI is InChI=1S/C17H14F3NO/c1-10-6-7-15-13(8-10)12(9-16(22)21-15)11-4-2-3-5-14(11)17(18,19)20/h2-8,12H,9H2,1H3,(H,21,22)/t12-/m1/s1. The normalized spacial score (nSPS) is 17.8. The van der Waals surface area contributed by atoms with Crippen molar-refractivity contribution in [2.45, 2.75) is 25.4 Å². The quantitative estimate of drug-likeness (QED) is 0.826. The molecular formula is C17H14F3NO. The van der Waals surface area contributed by atoms with Gasteiger partial charge in [-0.05, 0) is 30.2 Å². The van der Waals surface area contributed by atoms with Crippen molar-refractivity contribution in [3.8, 4) is 0 Å². The van der Waals surface area contributed by atoms with Gasteiger partial charge in [-0.3, -0.25) is 4.79 Å². The molecule has 0 saturated carbocycles. The first-order chi connectivity index (χ1) is 10.4. The number of amides is 1. The number of nitrogens with one attached hydrogen (secondary N) is 1. The molecule has 0 radical (unpaired) electrons. The van der Waals surface area contributed by atoms with Crippen molar-refractivity contribution in [2.24, 2.45) is 0 Å². The summed E-state index contributed by atoms with van der Waals surface area (Å²) < 4.78 is 39.8. The summed E-state index contributed by atoms with van der Waals surface area (Å²) in [7, 11) is 0. The number of carbonyl (C=O) groups excluding carboxylic acids is 1. The number of anilines is 1.